The molecular weight excluding hydrogens is 234 g/mol. The molecule has 2 rings (SSSR count). The maximum Gasteiger partial charge on any atom is 0.182 e. The van der Waals surface area contributed by atoms with Crippen LogP contribution < -0.4 is 10.2 Å². The van der Waals surface area contributed by atoms with Crippen LogP contribution >= 0.6 is 11.3 Å². The second-order valence-corrected chi connectivity index (χ2v) is 4.36. The van der Waals surface area contributed by atoms with Gasteiger partial charge in [-0.1, -0.05) is 0 Å². The SMILES string of the molecule is Cc1ccsc1N(C)c1cc(NC#N)ncn1. The quantitative estimate of drug-likeness (QED) is 0.665. The van der Waals surface area contributed by atoms with Crippen LogP contribution in [0.3, 0.4) is 0 Å². The van der Waals surface area contributed by atoms with E-state index in [-0.39, 0.29) is 0 Å². The standard InChI is InChI=1S/C11H11N5S/c1-8-3-4-17-11(8)16(2)10-5-9(13-6-12)14-7-15-10/h3-5,7H,1-2H3,(H,13,14,15). The van der Waals surface area contributed by atoms with E-state index < -0.39 is 0 Å². The van der Waals surface area contributed by atoms with Crippen LogP contribution in [-0.4, -0.2) is 17.0 Å². The maximum absolute atomic E-state index is 8.54. The number of aryl methyl sites for hydroxylation is 1. The summed E-state index contributed by atoms with van der Waals surface area (Å²) >= 11 is 1.65. The molecule has 0 atom stereocenters. The first-order valence-corrected chi connectivity index (χ1v) is 5.85. The summed E-state index contributed by atoms with van der Waals surface area (Å²) in [7, 11) is 1.94. The smallest absolute Gasteiger partial charge is 0.182 e. The van der Waals surface area contributed by atoms with Crippen LogP contribution in [0.1, 0.15) is 5.56 Å². The van der Waals surface area contributed by atoms with Gasteiger partial charge in [0.1, 0.15) is 18.0 Å². The van der Waals surface area contributed by atoms with E-state index in [1.54, 1.807) is 17.4 Å². The highest BCUT2D eigenvalue weighted by molar-refractivity contribution is 7.14. The van der Waals surface area contributed by atoms with Crippen molar-refractivity contribution >= 4 is 28.0 Å². The van der Waals surface area contributed by atoms with E-state index in [4.69, 9.17) is 5.26 Å². The van der Waals surface area contributed by atoms with Crippen LogP contribution in [0.2, 0.25) is 0 Å². The van der Waals surface area contributed by atoms with Gasteiger partial charge in [-0.05, 0) is 23.9 Å². The number of rotatable bonds is 3. The molecule has 0 aliphatic carbocycles. The summed E-state index contributed by atoms with van der Waals surface area (Å²) in [6.45, 7) is 2.05. The van der Waals surface area contributed by atoms with Crippen LogP contribution in [0.25, 0.3) is 0 Å². The molecule has 0 aromatic carbocycles. The average Bonchev–Trinajstić information content (AvgIpc) is 2.75. The largest absolute Gasteiger partial charge is 0.321 e. The topological polar surface area (TPSA) is 64.8 Å². The van der Waals surface area contributed by atoms with Crippen LogP contribution in [-0.2, 0) is 0 Å². The molecule has 0 aliphatic heterocycles. The minimum atomic E-state index is 0.499. The highest BCUT2D eigenvalue weighted by Crippen LogP contribution is 2.30. The Morgan fingerprint density at radius 2 is 2.29 bits per heavy atom. The molecule has 0 saturated heterocycles. The lowest BCUT2D eigenvalue weighted by Gasteiger charge is -2.17. The van der Waals surface area contributed by atoms with Crippen LogP contribution in [0, 0.1) is 18.4 Å². The van der Waals surface area contributed by atoms with Gasteiger partial charge >= 0.3 is 0 Å². The zero-order valence-electron chi connectivity index (χ0n) is 9.51. The molecule has 5 nitrogen and oxygen atoms in total. The summed E-state index contributed by atoms with van der Waals surface area (Å²) in [6, 6.07) is 3.80. The Kier molecular flexibility index (Phi) is 3.21. The predicted molar refractivity (Wildman–Crippen MR) is 68.4 cm³/mol. The highest BCUT2D eigenvalue weighted by atomic mass is 32.1. The van der Waals surface area contributed by atoms with Crippen molar-refractivity contribution < 1.29 is 0 Å². The normalized spacial score (nSPS) is 9.71. The fourth-order valence-corrected chi connectivity index (χ4v) is 2.38. The van der Waals surface area contributed by atoms with Crippen molar-refractivity contribution in [2.75, 3.05) is 17.3 Å². The molecule has 0 spiro atoms. The molecule has 6 heteroatoms. The summed E-state index contributed by atoms with van der Waals surface area (Å²) in [5.41, 5.74) is 1.20. The number of anilines is 3. The van der Waals surface area contributed by atoms with Gasteiger partial charge in [0, 0.05) is 13.1 Å². The fourth-order valence-electron chi connectivity index (χ4n) is 1.47. The van der Waals surface area contributed by atoms with Gasteiger partial charge in [-0.2, -0.15) is 5.26 Å². The third kappa shape index (κ3) is 2.34. The van der Waals surface area contributed by atoms with Gasteiger partial charge in [0.2, 0.25) is 0 Å². The highest BCUT2D eigenvalue weighted by Gasteiger charge is 2.10. The van der Waals surface area contributed by atoms with Crippen molar-refractivity contribution in [3.05, 3.63) is 29.4 Å². The molecule has 2 heterocycles. The zero-order chi connectivity index (χ0) is 12.3. The van der Waals surface area contributed by atoms with Crippen molar-refractivity contribution in [2.45, 2.75) is 6.92 Å². The van der Waals surface area contributed by atoms with Crippen molar-refractivity contribution in [1.29, 1.82) is 5.26 Å². The first kappa shape index (κ1) is 11.4. The minimum Gasteiger partial charge on any atom is -0.321 e. The number of hydrogen-bond acceptors (Lipinski definition) is 6. The van der Waals surface area contributed by atoms with E-state index in [1.807, 2.05) is 23.5 Å². The molecule has 0 fully saturated rings. The third-order valence-electron chi connectivity index (χ3n) is 2.32. The van der Waals surface area contributed by atoms with E-state index in [1.165, 1.54) is 11.9 Å². The Morgan fingerprint density at radius 3 is 2.94 bits per heavy atom. The maximum atomic E-state index is 8.54. The van der Waals surface area contributed by atoms with Crippen LogP contribution in [0.5, 0.6) is 0 Å². The second kappa shape index (κ2) is 4.80. The Morgan fingerprint density at radius 1 is 1.47 bits per heavy atom. The Bertz CT molecular complexity index is 557. The van der Waals surface area contributed by atoms with Crippen molar-refractivity contribution in [1.82, 2.24) is 9.97 Å². The van der Waals surface area contributed by atoms with Gasteiger partial charge in [0.15, 0.2) is 6.19 Å². The van der Waals surface area contributed by atoms with E-state index in [2.05, 4.69) is 28.3 Å². The van der Waals surface area contributed by atoms with Gasteiger partial charge < -0.3 is 4.90 Å². The molecule has 0 unspecified atom stereocenters. The molecule has 0 bridgehead atoms. The number of nitrogens with one attached hydrogen (secondary N) is 1. The van der Waals surface area contributed by atoms with Crippen molar-refractivity contribution in [2.24, 2.45) is 0 Å². The van der Waals surface area contributed by atoms with E-state index >= 15 is 0 Å². The summed E-state index contributed by atoms with van der Waals surface area (Å²) in [5.74, 6) is 1.25. The molecule has 86 valence electrons. The fraction of sp³-hybridized carbons (Fsp3) is 0.182. The Hall–Kier alpha value is -2.13. The molecule has 0 aliphatic rings. The van der Waals surface area contributed by atoms with Gasteiger partial charge in [-0.15, -0.1) is 11.3 Å². The number of hydrogen-bond donors (Lipinski definition) is 1. The first-order valence-electron chi connectivity index (χ1n) is 4.97. The van der Waals surface area contributed by atoms with Crippen molar-refractivity contribution in [3.63, 3.8) is 0 Å². The molecule has 2 aromatic heterocycles. The second-order valence-electron chi connectivity index (χ2n) is 3.47. The average molecular weight is 245 g/mol. The zero-order valence-corrected chi connectivity index (χ0v) is 10.3. The van der Waals surface area contributed by atoms with E-state index in [0.717, 1.165) is 10.8 Å². The Balaban J connectivity index is 2.31. The number of nitrogens with zero attached hydrogens (tertiary/aromatic N) is 4. The molecule has 2 aromatic rings. The minimum absolute atomic E-state index is 0.499. The number of aromatic nitrogens is 2. The lowest BCUT2D eigenvalue weighted by Crippen LogP contribution is -2.11. The van der Waals surface area contributed by atoms with E-state index in [0.29, 0.717) is 5.82 Å². The molecule has 0 saturated carbocycles. The van der Waals surface area contributed by atoms with Gasteiger partial charge in [0.25, 0.3) is 0 Å². The Labute approximate surface area is 103 Å². The lowest BCUT2D eigenvalue weighted by molar-refractivity contribution is 1.09. The van der Waals surface area contributed by atoms with Gasteiger partial charge in [0.05, 0.1) is 5.00 Å². The van der Waals surface area contributed by atoms with E-state index in [9.17, 15) is 0 Å². The summed E-state index contributed by atoms with van der Waals surface area (Å²) in [6.07, 6.45) is 3.28. The molecule has 0 radical (unpaired) electrons. The number of thiophene rings is 1. The summed E-state index contributed by atoms with van der Waals surface area (Å²) in [5, 5.41) is 14.2. The van der Waals surface area contributed by atoms with Gasteiger partial charge in [-0.25, -0.2) is 9.97 Å². The summed E-state index contributed by atoms with van der Waals surface area (Å²) < 4.78 is 0. The predicted octanol–water partition coefficient (Wildman–Crippen LogP) is 2.51. The van der Waals surface area contributed by atoms with Gasteiger partial charge in [-0.3, -0.25) is 5.32 Å². The summed E-state index contributed by atoms with van der Waals surface area (Å²) in [4.78, 5) is 10.1. The van der Waals surface area contributed by atoms with Crippen LogP contribution in [0.4, 0.5) is 16.6 Å². The third-order valence-corrected chi connectivity index (χ3v) is 3.41. The number of nitriles is 1. The lowest BCUT2D eigenvalue weighted by atomic mass is 10.3. The molecular formula is C11H11N5S. The molecule has 17 heavy (non-hydrogen) atoms. The first-order chi connectivity index (χ1) is 8.22. The van der Waals surface area contributed by atoms with Crippen molar-refractivity contribution in [3.8, 4) is 6.19 Å². The molecule has 0 amide bonds. The van der Waals surface area contributed by atoms with Crippen LogP contribution in [0.15, 0.2) is 23.8 Å². The monoisotopic (exact) mass is 245 g/mol. The molecule has 1 N–H and O–H groups in total.